The van der Waals surface area contributed by atoms with Crippen LogP contribution in [0.5, 0.6) is 0 Å². The Labute approximate surface area is 120 Å². The van der Waals surface area contributed by atoms with Gasteiger partial charge in [0.05, 0.1) is 24.0 Å². The summed E-state index contributed by atoms with van der Waals surface area (Å²) in [6.07, 6.45) is -5.47. The molecule has 0 saturated heterocycles. The highest BCUT2D eigenvalue weighted by Crippen LogP contribution is 2.31. The van der Waals surface area contributed by atoms with E-state index in [0.717, 1.165) is 6.07 Å². The van der Waals surface area contributed by atoms with Crippen LogP contribution in [-0.4, -0.2) is 31.0 Å². The highest BCUT2D eigenvalue weighted by Gasteiger charge is 2.31. The standard InChI is InChI=1S/C14H19F4NO2/c1-9(2)7-21-8-11(20)6-19-13-5-10(14(16,17)18)3-4-12(13)15/h3-5,9,11,19-20H,6-8H2,1-2H3. The molecule has 1 atom stereocenters. The number of alkyl halides is 3. The van der Waals surface area contributed by atoms with E-state index < -0.39 is 23.7 Å². The average Bonchev–Trinajstić information content (AvgIpc) is 2.36. The monoisotopic (exact) mass is 309 g/mol. The maximum Gasteiger partial charge on any atom is 0.416 e. The number of aliphatic hydroxyl groups excluding tert-OH is 1. The Balaban J connectivity index is 2.54. The summed E-state index contributed by atoms with van der Waals surface area (Å²) in [6.45, 7) is 4.29. The highest BCUT2D eigenvalue weighted by atomic mass is 19.4. The van der Waals surface area contributed by atoms with Gasteiger partial charge in [-0.3, -0.25) is 0 Å². The number of benzene rings is 1. The third-order valence-corrected chi connectivity index (χ3v) is 2.58. The molecule has 0 bridgehead atoms. The molecule has 1 unspecified atom stereocenters. The van der Waals surface area contributed by atoms with Gasteiger partial charge in [0.15, 0.2) is 0 Å². The van der Waals surface area contributed by atoms with Crippen molar-refractivity contribution in [2.75, 3.05) is 25.1 Å². The molecule has 0 spiro atoms. The van der Waals surface area contributed by atoms with Crippen molar-refractivity contribution in [1.29, 1.82) is 0 Å². The van der Waals surface area contributed by atoms with Crippen molar-refractivity contribution in [3.63, 3.8) is 0 Å². The number of aliphatic hydroxyl groups is 1. The molecular weight excluding hydrogens is 290 g/mol. The summed E-state index contributed by atoms with van der Waals surface area (Å²) >= 11 is 0. The summed E-state index contributed by atoms with van der Waals surface area (Å²) in [5, 5.41) is 12.1. The van der Waals surface area contributed by atoms with Crippen molar-refractivity contribution >= 4 is 5.69 Å². The van der Waals surface area contributed by atoms with Crippen molar-refractivity contribution in [2.24, 2.45) is 5.92 Å². The molecule has 0 aromatic heterocycles. The maximum absolute atomic E-state index is 13.4. The van der Waals surface area contributed by atoms with Gasteiger partial charge in [0, 0.05) is 13.2 Å². The van der Waals surface area contributed by atoms with Gasteiger partial charge in [0.1, 0.15) is 5.82 Å². The molecule has 3 nitrogen and oxygen atoms in total. The third kappa shape index (κ3) is 6.31. The minimum atomic E-state index is -4.54. The fourth-order valence-electron chi connectivity index (χ4n) is 1.56. The summed E-state index contributed by atoms with van der Waals surface area (Å²) < 4.78 is 56.2. The van der Waals surface area contributed by atoms with Gasteiger partial charge < -0.3 is 15.2 Å². The Morgan fingerprint density at radius 1 is 1.24 bits per heavy atom. The smallest absolute Gasteiger partial charge is 0.389 e. The van der Waals surface area contributed by atoms with Crippen LogP contribution in [0.4, 0.5) is 23.2 Å². The molecular formula is C14H19F4NO2. The second-order valence-corrected chi connectivity index (χ2v) is 5.16. The lowest BCUT2D eigenvalue weighted by molar-refractivity contribution is -0.137. The fraction of sp³-hybridized carbons (Fsp3) is 0.571. The van der Waals surface area contributed by atoms with Crippen LogP contribution < -0.4 is 5.32 Å². The van der Waals surface area contributed by atoms with Gasteiger partial charge >= 0.3 is 6.18 Å². The summed E-state index contributed by atoms with van der Waals surface area (Å²) in [5.41, 5.74) is -1.25. The molecule has 0 aliphatic rings. The van der Waals surface area contributed by atoms with E-state index in [0.29, 0.717) is 24.7 Å². The first-order valence-corrected chi connectivity index (χ1v) is 6.56. The number of rotatable bonds is 7. The molecule has 1 aromatic rings. The van der Waals surface area contributed by atoms with E-state index in [2.05, 4.69) is 5.32 Å². The Hall–Kier alpha value is -1.34. The largest absolute Gasteiger partial charge is 0.416 e. The molecule has 1 rings (SSSR count). The average molecular weight is 309 g/mol. The van der Waals surface area contributed by atoms with E-state index in [1.165, 1.54) is 0 Å². The van der Waals surface area contributed by atoms with Crippen LogP contribution in [0.15, 0.2) is 18.2 Å². The molecule has 0 fully saturated rings. The Morgan fingerprint density at radius 3 is 2.48 bits per heavy atom. The van der Waals surface area contributed by atoms with Gasteiger partial charge in [-0.2, -0.15) is 13.2 Å². The molecule has 2 N–H and O–H groups in total. The van der Waals surface area contributed by atoms with E-state index in [1.807, 2.05) is 13.8 Å². The number of nitrogens with one attached hydrogen (secondary N) is 1. The zero-order chi connectivity index (χ0) is 16.0. The minimum absolute atomic E-state index is 0.0335. The molecule has 0 saturated carbocycles. The molecule has 21 heavy (non-hydrogen) atoms. The lowest BCUT2D eigenvalue weighted by Crippen LogP contribution is -2.26. The zero-order valence-electron chi connectivity index (χ0n) is 11.9. The predicted octanol–water partition coefficient (Wildman–Crippen LogP) is 3.29. The van der Waals surface area contributed by atoms with E-state index in [1.54, 1.807) is 0 Å². The number of anilines is 1. The molecule has 0 radical (unpaired) electrons. The van der Waals surface area contributed by atoms with Gasteiger partial charge in [-0.05, 0) is 24.1 Å². The number of ether oxygens (including phenoxy) is 1. The van der Waals surface area contributed by atoms with Crippen LogP contribution in [0, 0.1) is 11.7 Å². The number of hydrogen-bond donors (Lipinski definition) is 2. The Bertz CT molecular complexity index is 449. The zero-order valence-corrected chi connectivity index (χ0v) is 11.9. The van der Waals surface area contributed by atoms with Crippen LogP contribution in [-0.2, 0) is 10.9 Å². The van der Waals surface area contributed by atoms with Crippen LogP contribution in [0.2, 0.25) is 0 Å². The molecule has 7 heteroatoms. The second-order valence-electron chi connectivity index (χ2n) is 5.16. The summed E-state index contributed by atoms with van der Waals surface area (Å²) in [6, 6.07) is 2.09. The minimum Gasteiger partial charge on any atom is -0.389 e. The van der Waals surface area contributed by atoms with E-state index in [9.17, 15) is 22.7 Å². The molecule has 0 amide bonds. The Morgan fingerprint density at radius 2 is 1.90 bits per heavy atom. The van der Waals surface area contributed by atoms with Crippen molar-refractivity contribution in [1.82, 2.24) is 0 Å². The molecule has 0 aliphatic heterocycles. The quantitative estimate of drug-likeness (QED) is 0.760. The van der Waals surface area contributed by atoms with E-state index in [-0.39, 0.29) is 18.8 Å². The van der Waals surface area contributed by atoms with E-state index >= 15 is 0 Å². The van der Waals surface area contributed by atoms with Crippen LogP contribution in [0.25, 0.3) is 0 Å². The molecule has 0 heterocycles. The highest BCUT2D eigenvalue weighted by molar-refractivity contribution is 5.48. The third-order valence-electron chi connectivity index (χ3n) is 2.58. The van der Waals surface area contributed by atoms with Gasteiger partial charge in [-0.15, -0.1) is 0 Å². The van der Waals surface area contributed by atoms with Crippen molar-refractivity contribution < 1.29 is 27.4 Å². The van der Waals surface area contributed by atoms with Crippen LogP contribution >= 0.6 is 0 Å². The SMILES string of the molecule is CC(C)COCC(O)CNc1cc(C(F)(F)F)ccc1F. The van der Waals surface area contributed by atoms with Gasteiger partial charge in [-0.1, -0.05) is 13.8 Å². The molecule has 0 aliphatic carbocycles. The number of hydrogen-bond acceptors (Lipinski definition) is 3. The first kappa shape index (κ1) is 17.7. The first-order chi connectivity index (χ1) is 9.70. The van der Waals surface area contributed by atoms with Gasteiger partial charge in [-0.25, -0.2) is 4.39 Å². The van der Waals surface area contributed by atoms with Crippen LogP contribution in [0.1, 0.15) is 19.4 Å². The summed E-state index contributed by atoms with van der Waals surface area (Å²) in [7, 11) is 0. The normalized spacial score (nSPS) is 13.5. The van der Waals surface area contributed by atoms with Crippen molar-refractivity contribution in [3.8, 4) is 0 Å². The summed E-state index contributed by atoms with van der Waals surface area (Å²) in [5.74, 6) is -0.496. The van der Waals surface area contributed by atoms with E-state index in [4.69, 9.17) is 4.74 Å². The molecule has 120 valence electrons. The van der Waals surface area contributed by atoms with Crippen molar-refractivity contribution in [3.05, 3.63) is 29.6 Å². The second kappa shape index (κ2) is 7.61. The topological polar surface area (TPSA) is 41.5 Å². The lowest BCUT2D eigenvalue weighted by atomic mass is 10.2. The molecule has 1 aromatic carbocycles. The summed E-state index contributed by atoms with van der Waals surface area (Å²) in [4.78, 5) is 0. The maximum atomic E-state index is 13.4. The van der Waals surface area contributed by atoms with Gasteiger partial charge in [0.2, 0.25) is 0 Å². The van der Waals surface area contributed by atoms with Crippen LogP contribution in [0.3, 0.4) is 0 Å². The Kier molecular flexibility index (Phi) is 6.42. The number of halogens is 4. The lowest BCUT2D eigenvalue weighted by Gasteiger charge is -2.15. The van der Waals surface area contributed by atoms with Gasteiger partial charge in [0.25, 0.3) is 0 Å². The van der Waals surface area contributed by atoms with Crippen molar-refractivity contribution in [2.45, 2.75) is 26.1 Å². The first-order valence-electron chi connectivity index (χ1n) is 6.56. The predicted molar refractivity (Wildman–Crippen MR) is 71.6 cm³/mol. The fourth-order valence-corrected chi connectivity index (χ4v) is 1.56.